The standard InChI is InChI=1S/C25H22N4O4/c1-17(30)25-26-12-13-29(25)16-22-14-23(33-28-22)20-7-4-18(5-8-20)2-3-19-6-9-21(27-15-19)10-11-24(31)32/h4-9,12-15,17,30H,10-11,16H2,1H3,(H,31,32). The van der Waals surface area contributed by atoms with Crippen LogP contribution in [-0.4, -0.2) is 35.9 Å². The van der Waals surface area contributed by atoms with Gasteiger partial charge in [-0.05, 0) is 43.3 Å². The van der Waals surface area contributed by atoms with Crippen molar-refractivity contribution in [3.63, 3.8) is 0 Å². The minimum atomic E-state index is -0.839. The summed E-state index contributed by atoms with van der Waals surface area (Å²) in [6.45, 7) is 2.13. The molecule has 1 atom stereocenters. The summed E-state index contributed by atoms with van der Waals surface area (Å²) in [4.78, 5) is 19.1. The number of hydrogen-bond donors (Lipinski definition) is 2. The molecule has 4 rings (SSSR count). The van der Waals surface area contributed by atoms with Gasteiger partial charge in [0.15, 0.2) is 5.76 Å². The average molecular weight is 442 g/mol. The molecule has 0 radical (unpaired) electrons. The van der Waals surface area contributed by atoms with Crippen LogP contribution in [0.3, 0.4) is 0 Å². The van der Waals surface area contributed by atoms with Crippen molar-refractivity contribution in [1.29, 1.82) is 0 Å². The summed E-state index contributed by atoms with van der Waals surface area (Å²) in [5.41, 5.74) is 3.94. The van der Waals surface area contributed by atoms with E-state index >= 15 is 0 Å². The molecule has 0 bridgehead atoms. The van der Waals surface area contributed by atoms with Crippen LogP contribution in [0.15, 0.2) is 65.6 Å². The molecule has 8 nitrogen and oxygen atoms in total. The van der Waals surface area contributed by atoms with Crippen LogP contribution in [-0.2, 0) is 17.8 Å². The number of hydrogen-bond acceptors (Lipinski definition) is 6. The third-order valence-electron chi connectivity index (χ3n) is 4.95. The van der Waals surface area contributed by atoms with E-state index in [4.69, 9.17) is 9.63 Å². The minimum Gasteiger partial charge on any atom is -0.481 e. The Morgan fingerprint density at radius 1 is 1.09 bits per heavy atom. The molecule has 1 unspecified atom stereocenters. The van der Waals surface area contributed by atoms with Crippen molar-refractivity contribution in [1.82, 2.24) is 19.7 Å². The van der Waals surface area contributed by atoms with Crippen LogP contribution < -0.4 is 0 Å². The normalized spacial score (nSPS) is 11.6. The first kappa shape index (κ1) is 22.0. The molecule has 33 heavy (non-hydrogen) atoms. The van der Waals surface area contributed by atoms with Crippen LogP contribution in [0.4, 0.5) is 0 Å². The zero-order valence-electron chi connectivity index (χ0n) is 18.0. The van der Waals surface area contributed by atoms with E-state index in [9.17, 15) is 9.90 Å². The van der Waals surface area contributed by atoms with Gasteiger partial charge in [-0.3, -0.25) is 9.78 Å². The van der Waals surface area contributed by atoms with E-state index in [0.29, 0.717) is 24.6 Å². The molecule has 0 saturated heterocycles. The van der Waals surface area contributed by atoms with Gasteiger partial charge in [-0.2, -0.15) is 0 Å². The van der Waals surface area contributed by atoms with Crippen molar-refractivity contribution in [3.05, 3.63) is 89.4 Å². The van der Waals surface area contributed by atoms with Gasteiger partial charge < -0.3 is 19.3 Å². The fraction of sp³-hybridized carbons (Fsp3) is 0.200. The summed E-state index contributed by atoms with van der Waals surface area (Å²) in [6, 6.07) is 13.1. The number of carboxylic acid groups (broad SMARTS) is 1. The highest BCUT2D eigenvalue weighted by Crippen LogP contribution is 2.22. The fourth-order valence-electron chi connectivity index (χ4n) is 3.26. The first-order valence-corrected chi connectivity index (χ1v) is 10.4. The SMILES string of the molecule is CC(O)c1nccn1Cc1cc(-c2ccc(C#Cc3ccc(CCC(=O)O)nc3)cc2)on1. The van der Waals surface area contributed by atoms with E-state index in [1.807, 2.05) is 41.0 Å². The maximum Gasteiger partial charge on any atom is 0.303 e. The summed E-state index contributed by atoms with van der Waals surface area (Å²) in [5, 5.41) is 22.7. The summed E-state index contributed by atoms with van der Waals surface area (Å²) >= 11 is 0. The number of benzene rings is 1. The Labute approximate surface area is 190 Å². The molecule has 1 aromatic carbocycles. The third-order valence-corrected chi connectivity index (χ3v) is 4.95. The Bertz CT molecular complexity index is 1290. The maximum absolute atomic E-state index is 10.6. The molecule has 0 amide bonds. The summed E-state index contributed by atoms with van der Waals surface area (Å²) in [6.07, 6.45) is 4.89. The first-order chi connectivity index (χ1) is 16.0. The second-order valence-electron chi connectivity index (χ2n) is 7.53. The molecule has 0 spiro atoms. The van der Waals surface area contributed by atoms with Crippen LogP contribution in [0.5, 0.6) is 0 Å². The Balaban J connectivity index is 1.40. The number of carboxylic acids is 1. The Morgan fingerprint density at radius 3 is 2.55 bits per heavy atom. The van der Waals surface area contributed by atoms with Gasteiger partial charge in [0.05, 0.1) is 13.0 Å². The molecule has 8 heteroatoms. The van der Waals surface area contributed by atoms with Crippen LogP contribution in [0.1, 0.15) is 47.8 Å². The predicted octanol–water partition coefficient (Wildman–Crippen LogP) is 3.45. The number of pyridine rings is 1. The number of aromatic nitrogens is 4. The molecule has 2 N–H and O–H groups in total. The van der Waals surface area contributed by atoms with Gasteiger partial charge in [-0.15, -0.1) is 0 Å². The van der Waals surface area contributed by atoms with Gasteiger partial charge >= 0.3 is 5.97 Å². The topological polar surface area (TPSA) is 114 Å². The van der Waals surface area contributed by atoms with Crippen molar-refractivity contribution in [3.8, 4) is 23.2 Å². The molecular weight excluding hydrogens is 420 g/mol. The van der Waals surface area contributed by atoms with E-state index in [2.05, 4.69) is 27.0 Å². The molecule has 0 saturated carbocycles. The van der Waals surface area contributed by atoms with Gasteiger partial charge in [-0.25, -0.2) is 4.98 Å². The lowest BCUT2D eigenvalue weighted by Gasteiger charge is -2.07. The first-order valence-electron chi connectivity index (χ1n) is 10.4. The lowest BCUT2D eigenvalue weighted by Crippen LogP contribution is -2.07. The van der Waals surface area contributed by atoms with Crippen molar-refractivity contribution in [2.45, 2.75) is 32.4 Å². The number of aliphatic hydroxyl groups excluding tert-OH is 1. The van der Waals surface area contributed by atoms with E-state index in [-0.39, 0.29) is 6.42 Å². The van der Waals surface area contributed by atoms with Gasteiger partial charge in [-0.1, -0.05) is 17.0 Å². The number of aryl methyl sites for hydroxylation is 1. The van der Waals surface area contributed by atoms with Gasteiger partial charge in [0.25, 0.3) is 0 Å². The van der Waals surface area contributed by atoms with Crippen molar-refractivity contribution >= 4 is 5.97 Å². The van der Waals surface area contributed by atoms with Gasteiger partial charge in [0.2, 0.25) is 0 Å². The number of rotatable bonds is 7. The smallest absolute Gasteiger partial charge is 0.303 e. The number of aliphatic carboxylic acids is 1. The quantitative estimate of drug-likeness (QED) is 0.421. The highest BCUT2D eigenvalue weighted by Gasteiger charge is 2.12. The highest BCUT2D eigenvalue weighted by molar-refractivity contribution is 5.67. The largest absolute Gasteiger partial charge is 0.481 e. The molecule has 166 valence electrons. The second-order valence-corrected chi connectivity index (χ2v) is 7.53. The fourth-order valence-corrected chi connectivity index (χ4v) is 3.26. The van der Waals surface area contributed by atoms with Crippen LogP contribution in [0, 0.1) is 11.8 Å². The van der Waals surface area contributed by atoms with Crippen molar-refractivity contribution in [2.75, 3.05) is 0 Å². The Morgan fingerprint density at radius 2 is 1.85 bits per heavy atom. The van der Waals surface area contributed by atoms with Crippen molar-refractivity contribution < 1.29 is 19.5 Å². The zero-order chi connectivity index (χ0) is 23.2. The minimum absolute atomic E-state index is 0.0590. The molecule has 3 aromatic heterocycles. The number of aliphatic hydroxyl groups is 1. The summed E-state index contributed by atoms with van der Waals surface area (Å²) in [5.74, 6) is 6.54. The molecule has 0 fully saturated rings. The lowest BCUT2D eigenvalue weighted by atomic mass is 10.1. The summed E-state index contributed by atoms with van der Waals surface area (Å²) < 4.78 is 7.32. The zero-order valence-corrected chi connectivity index (χ0v) is 18.0. The predicted molar refractivity (Wildman–Crippen MR) is 120 cm³/mol. The Hall–Kier alpha value is -4.22. The maximum atomic E-state index is 10.6. The highest BCUT2D eigenvalue weighted by atomic mass is 16.5. The molecular formula is C25H22N4O4. The summed E-state index contributed by atoms with van der Waals surface area (Å²) in [7, 11) is 0. The van der Waals surface area contributed by atoms with E-state index < -0.39 is 12.1 Å². The van der Waals surface area contributed by atoms with Crippen LogP contribution in [0.25, 0.3) is 11.3 Å². The van der Waals surface area contributed by atoms with Crippen molar-refractivity contribution in [2.24, 2.45) is 0 Å². The van der Waals surface area contributed by atoms with Crippen LogP contribution >= 0.6 is 0 Å². The molecule has 3 heterocycles. The average Bonchev–Trinajstić information content (AvgIpc) is 3.47. The van der Waals surface area contributed by atoms with E-state index in [1.165, 1.54) is 0 Å². The second kappa shape index (κ2) is 9.94. The monoisotopic (exact) mass is 442 g/mol. The molecule has 4 aromatic rings. The lowest BCUT2D eigenvalue weighted by molar-refractivity contribution is -0.136. The third kappa shape index (κ3) is 5.73. The number of nitrogens with zero attached hydrogens (tertiary/aromatic N) is 4. The number of imidazole rings is 1. The van der Waals surface area contributed by atoms with E-state index in [0.717, 1.165) is 28.1 Å². The number of carbonyl (C=O) groups is 1. The van der Waals surface area contributed by atoms with Gasteiger partial charge in [0, 0.05) is 53.5 Å². The molecule has 0 aliphatic heterocycles. The van der Waals surface area contributed by atoms with Crippen LogP contribution in [0.2, 0.25) is 0 Å². The molecule has 0 aliphatic carbocycles. The molecule has 0 aliphatic rings. The van der Waals surface area contributed by atoms with E-state index in [1.54, 1.807) is 31.6 Å². The van der Waals surface area contributed by atoms with Gasteiger partial charge in [0.1, 0.15) is 17.6 Å². The Kier molecular flexibility index (Phi) is 6.62.